The fourth-order valence-corrected chi connectivity index (χ4v) is 3.02. The average Bonchev–Trinajstić information content (AvgIpc) is 2.95. The Morgan fingerprint density at radius 1 is 1.19 bits per heavy atom. The number of nitrogens with zero attached hydrogens (tertiary/aromatic N) is 2. The molecule has 2 aromatic carbocycles. The van der Waals surface area contributed by atoms with Gasteiger partial charge >= 0.3 is 0 Å². The smallest absolute Gasteiger partial charge is 0.255 e. The minimum absolute atomic E-state index is 0.333. The van der Waals surface area contributed by atoms with Crippen molar-refractivity contribution in [2.75, 3.05) is 18.5 Å². The predicted octanol–water partition coefficient (Wildman–Crippen LogP) is 4.11. The Morgan fingerprint density at radius 3 is 2.81 bits per heavy atom. The number of carbonyl (C=O) groups excluding carboxylic acids is 1. The first-order valence-corrected chi connectivity index (χ1v) is 8.80. The first-order valence-electron chi connectivity index (χ1n) is 8.42. The number of aryl methyl sites for hydroxylation is 1. The second-order valence-corrected chi connectivity index (χ2v) is 6.38. The van der Waals surface area contributed by atoms with Gasteiger partial charge in [-0.1, -0.05) is 28.9 Å². The van der Waals surface area contributed by atoms with Crippen LogP contribution in [0.2, 0.25) is 5.02 Å². The largest absolute Gasteiger partial charge is 0.489 e. The van der Waals surface area contributed by atoms with Crippen LogP contribution in [0.25, 0.3) is 11.4 Å². The number of aromatic nitrogens is 2. The summed E-state index contributed by atoms with van der Waals surface area (Å²) in [5.74, 6) is 1.45. The maximum absolute atomic E-state index is 12.8. The molecule has 0 bridgehead atoms. The van der Waals surface area contributed by atoms with Gasteiger partial charge in [0.05, 0.1) is 23.9 Å². The Hall–Kier alpha value is -3.06. The molecule has 1 amide bonds. The molecule has 0 unspecified atom stereocenters. The lowest BCUT2D eigenvalue weighted by Crippen LogP contribution is -2.13. The molecule has 8 heteroatoms. The van der Waals surface area contributed by atoms with E-state index in [0.717, 1.165) is 6.42 Å². The molecule has 0 saturated heterocycles. The van der Waals surface area contributed by atoms with E-state index < -0.39 is 0 Å². The first-order chi connectivity index (χ1) is 13.1. The third-order valence-electron chi connectivity index (χ3n) is 4.01. The molecule has 1 aromatic heterocycles. The van der Waals surface area contributed by atoms with Crippen molar-refractivity contribution in [3.63, 3.8) is 0 Å². The van der Waals surface area contributed by atoms with E-state index in [9.17, 15) is 4.79 Å². The molecule has 0 spiro atoms. The van der Waals surface area contributed by atoms with Crippen molar-refractivity contribution in [2.45, 2.75) is 13.3 Å². The topological polar surface area (TPSA) is 86.5 Å². The Morgan fingerprint density at radius 2 is 2.00 bits per heavy atom. The standard InChI is InChI=1S/C19H16ClN3O4/c1-11-21-18(23-27-11)13-5-2-3-6-15(13)22-19(24)12-9-14(20)17-16(10-12)25-7-4-8-26-17/h2-3,5-6,9-10H,4,7-8H2,1H3,(H,22,24). The molecule has 7 nitrogen and oxygen atoms in total. The molecule has 1 aliphatic heterocycles. The summed E-state index contributed by atoms with van der Waals surface area (Å²) in [5, 5.41) is 7.12. The fraction of sp³-hybridized carbons (Fsp3) is 0.211. The van der Waals surface area contributed by atoms with Crippen molar-refractivity contribution in [3.8, 4) is 22.9 Å². The van der Waals surface area contributed by atoms with Crippen molar-refractivity contribution >= 4 is 23.2 Å². The number of ether oxygens (including phenoxy) is 2. The highest BCUT2D eigenvalue weighted by Gasteiger charge is 2.20. The van der Waals surface area contributed by atoms with Gasteiger partial charge in [-0.05, 0) is 24.3 Å². The van der Waals surface area contributed by atoms with Gasteiger partial charge in [0.25, 0.3) is 5.91 Å². The van der Waals surface area contributed by atoms with Crippen molar-refractivity contribution in [1.29, 1.82) is 0 Å². The van der Waals surface area contributed by atoms with Gasteiger partial charge < -0.3 is 19.3 Å². The SMILES string of the molecule is Cc1nc(-c2ccccc2NC(=O)c2cc(Cl)c3c(c2)OCCCO3)no1. The molecule has 0 atom stereocenters. The minimum Gasteiger partial charge on any atom is -0.489 e. The third-order valence-corrected chi connectivity index (χ3v) is 4.29. The lowest BCUT2D eigenvalue weighted by Gasteiger charge is -2.12. The van der Waals surface area contributed by atoms with Crippen molar-refractivity contribution in [2.24, 2.45) is 0 Å². The number of amides is 1. The first kappa shape index (κ1) is 17.4. The molecule has 2 heterocycles. The van der Waals surface area contributed by atoms with Crippen LogP contribution in [0.3, 0.4) is 0 Å². The molecule has 0 radical (unpaired) electrons. The van der Waals surface area contributed by atoms with E-state index in [0.29, 0.717) is 58.3 Å². The number of fused-ring (bicyclic) bond motifs is 1. The number of benzene rings is 2. The normalized spacial score (nSPS) is 13.1. The Labute approximate surface area is 160 Å². The van der Waals surface area contributed by atoms with E-state index in [4.69, 9.17) is 25.6 Å². The van der Waals surface area contributed by atoms with E-state index in [1.807, 2.05) is 12.1 Å². The van der Waals surface area contributed by atoms with Crippen LogP contribution in [-0.4, -0.2) is 29.3 Å². The summed E-state index contributed by atoms with van der Waals surface area (Å²) < 4.78 is 16.3. The molecule has 1 N–H and O–H groups in total. The van der Waals surface area contributed by atoms with E-state index in [1.165, 1.54) is 0 Å². The van der Waals surface area contributed by atoms with Crippen LogP contribution >= 0.6 is 11.6 Å². The van der Waals surface area contributed by atoms with Crippen LogP contribution in [0, 0.1) is 6.92 Å². The summed E-state index contributed by atoms with van der Waals surface area (Å²) in [6.45, 7) is 2.74. The summed E-state index contributed by atoms with van der Waals surface area (Å²) in [4.78, 5) is 17.0. The summed E-state index contributed by atoms with van der Waals surface area (Å²) in [5.41, 5.74) is 1.58. The molecule has 3 aromatic rings. The van der Waals surface area contributed by atoms with Crippen LogP contribution in [0.5, 0.6) is 11.5 Å². The Kier molecular flexibility index (Phi) is 4.68. The van der Waals surface area contributed by atoms with Crippen LogP contribution in [0.4, 0.5) is 5.69 Å². The van der Waals surface area contributed by atoms with Gasteiger partial charge in [0, 0.05) is 24.5 Å². The zero-order valence-electron chi connectivity index (χ0n) is 14.5. The maximum Gasteiger partial charge on any atom is 0.255 e. The number of anilines is 1. The van der Waals surface area contributed by atoms with Gasteiger partial charge in [0.15, 0.2) is 11.5 Å². The monoisotopic (exact) mass is 385 g/mol. The van der Waals surface area contributed by atoms with E-state index >= 15 is 0 Å². The summed E-state index contributed by atoms with van der Waals surface area (Å²) in [6, 6.07) is 10.4. The van der Waals surface area contributed by atoms with Gasteiger partial charge in [-0.25, -0.2) is 0 Å². The molecule has 0 aliphatic carbocycles. The highest BCUT2D eigenvalue weighted by Crippen LogP contribution is 2.38. The van der Waals surface area contributed by atoms with E-state index in [-0.39, 0.29) is 5.91 Å². The maximum atomic E-state index is 12.8. The van der Waals surface area contributed by atoms with Crippen LogP contribution < -0.4 is 14.8 Å². The number of para-hydroxylation sites is 1. The Balaban J connectivity index is 1.64. The number of halogens is 1. The van der Waals surface area contributed by atoms with Crippen molar-refractivity contribution in [1.82, 2.24) is 10.1 Å². The highest BCUT2D eigenvalue weighted by atomic mass is 35.5. The van der Waals surface area contributed by atoms with Crippen LogP contribution in [-0.2, 0) is 0 Å². The van der Waals surface area contributed by atoms with E-state index in [1.54, 1.807) is 31.2 Å². The van der Waals surface area contributed by atoms with Crippen LogP contribution in [0.15, 0.2) is 40.9 Å². The summed E-state index contributed by atoms with van der Waals surface area (Å²) in [6.07, 6.45) is 0.754. The van der Waals surface area contributed by atoms with E-state index in [2.05, 4.69) is 15.5 Å². The molecule has 138 valence electrons. The fourth-order valence-electron chi connectivity index (χ4n) is 2.75. The van der Waals surface area contributed by atoms with Gasteiger partial charge in [-0.3, -0.25) is 4.79 Å². The van der Waals surface area contributed by atoms with Crippen molar-refractivity contribution < 1.29 is 18.8 Å². The van der Waals surface area contributed by atoms with Crippen molar-refractivity contribution in [3.05, 3.63) is 52.9 Å². The average molecular weight is 386 g/mol. The Bertz CT molecular complexity index is 1000. The number of hydrogen-bond acceptors (Lipinski definition) is 6. The number of rotatable bonds is 3. The zero-order chi connectivity index (χ0) is 18.8. The molecule has 27 heavy (non-hydrogen) atoms. The lowest BCUT2D eigenvalue weighted by atomic mass is 10.1. The highest BCUT2D eigenvalue weighted by molar-refractivity contribution is 6.32. The summed E-state index contributed by atoms with van der Waals surface area (Å²) in [7, 11) is 0. The lowest BCUT2D eigenvalue weighted by molar-refractivity contribution is 0.102. The zero-order valence-corrected chi connectivity index (χ0v) is 15.2. The van der Waals surface area contributed by atoms with Gasteiger partial charge in [-0.15, -0.1) is 0 Å². The summed E-state index contributed by atoms with van der Waals surface area (Å²) >= 11 is 6.28. The minimum atomic E-state index is -0.333. The number of carbonyl (C=O) groups is 1. The molecular formula is C19H16ClN3O4. The van der Waals surface area contributed by atoms with Gasteiger partial charge in [0.2, 0.25) is 11.7 Å². The molecule has 4 rings (SSSR count). The molecule has 1 aliphatic rings. The molecule has 0 fully saturated rings. The number of nitrogens with one attached hydrogen (secondary N) is 1. The molecule has 0 saturated carbocycles. The quantitative estimate of drug-likeness (QED) is 0.730. The predicted molar refractivity (Wildman–Crippen MR) is 99.5 cm³/mol. The second kappa shape index (κ2) is 7.28. The third kappa shape index (κ3) is 3.59. The van der Waals surface area contributed by atoms with Gasteiger partial charge in [-0.2, -0.15) is 4.98 Å². The van der Waals surface area contributed by atoms with Crippen LogP contribution in [0.1, 0.15) is 22.7 Å². The van der Waals surface area contributed by atoms with Gasteiger partial charge in [0.1, 0.15) is 0 Å². The molecular weight excluding hydrogens is 370 g/mol. The number of hydrogen-bond donors (Lipinski definition) is 1. The second-order valence-electron chi connectivity index (χ2n) is 5.97.